The van der Waals surface area contributed by atoms with Gasteiger partial charge in [0.2, 0.25) is 0 Å². The average Bonchev–Trinajstić information content (AvgIpc) is 2.38. The van der Waals surface area contributed by atoms with Crippen molar-refractivity contribution in [3.8, 4) is 11.8 Å². The van der Waals surface area contributed by atoms with Gasteiger partial charge in [0.25, 0.3) is 0 Å². The van der Waals surface area contributed by atoms with Crippen LogP contribution in [0.15, 0.2) is 22.8 Å². The molecule has 1 unspecified atom stereocenters. The Hall–Kier alpha value is -1.87. The topological polar surface area (TPSA) is 54.4 Å². The first-order valence-electron chi connectivity index (χ1n) is 7.02. The Bertz CT molecular complexity index is 642. The molecule has 0 aromatic rings. The van der Waals surface area contributed by atoms with Crippen LogP contribution in [-0.4, -0.2) is 29.0 Å². The second kappa shape index (κ2) is 6.32. The third-order valence-corrected chi connectivity index (χ3v) is 4.05. The van der Waals surface area contributed by atoms with Gasteiger partial charge in [-0.25, -0.2) is 0 Å². The molecule has 1 atom stereocenters. The van der Waals surface area contributed by atoms with Gasteiger partial charge < -0.3 is 5.11 Å². The molecular formula is C17H19F3O3. The maximum atomic E-state index is 12.7. The smallest absolute Gasteiger partial charge is 0.373 e. The minimum absolute atomic E-state index is 0.0810. The second-order valence-electron chi connectivity index (χ2n) is 6.33. The summed E-state index contributed by atoms with van der Waals surface area (Å²) in [7, 11) is 0. The zero-order valence-electron chi connectivity index (χ0n) is 13.5. The van der Waals surface area contributed by atoms with Crippen LogP contribution in [0.1, 0.15) is 40.5 Å². The van der Waals surface area contributed by atoms with E-state index in [4.69, 9.17) is 0 Å². The van der Waals surface area contributed by atoms with Gasteiger partial charge >= 0.3 is 6.18 Å². The first-order chi connectivity index (χ1) is 10.3. The molecule has 0 fully saturated rings. The number of aldehydes is 1. The highest BCUT2D eigenvalue weighted by molar-refractivity contribution is 5.98. The van der Waals surface area contributed by atoms with Crippen LogP contribution in [0.2, 0.25) is 0 Å². The monoisotopic (exact) mass is 328 g/mol. The van der Waals surface area contributed by atoms with E-state index in [9.17, 15) is 27.9 Å². The van der Waals surface area contributed by atoms with Crippen molar-refractivity contribution in [2.75, 3.05) is 0 Å². The molecule has 0 bridgehead atoms. The second-order valence-corrected chi connectivity index (χ2v) is 6.33. The molecule has 3 nitrogen and oxygen atoms in total. The molecule has 1 aliphatic rings. The van der Waals surface area contributed by atoms with E-state index < -0.39 is 35.0 Å². The van der Waals surface area contributed by atoms with Crippen LogP contribution in [0.25, 0.3) is 0 Å². The molecule has 0 heterocycles. The number of alkyl halides is 3. The van der Waals surface area contributed by atoms with Crippen molar-refractivity contribution in [1.29, 1.82) is 0 Å². The first kappa shape index (κ1) is 19.2. The van der Waals surface area contributed by atoms with Gasteiger partial charge in [-0.1, -0.05) is 25.7 Å². The Morgan fingerprint density at radius 3 is 2.43 bits per heavy atom. The van der Waals surface area contributed by atoms with Crippen molar-refractivity contribution in [1.82, 2.24) is 0 Å². The lowest BCUT2D eigenvalue weighted by atomic mass is 9.62. The zero-order valence-corrected chi connectivity index (χ0v) is 13.5. The minimum Gasteiger partial charge on any atom is -0.373 e. The summed E-state index contributed by atoms with van der Waals surface area (Å²) in [6, 6.07) is 0. The molecular weight excluding hydrogens is 309 g/mol. The molecule has 0 aromatic heterocycles. The fourth-order valence-corrected chi connectivity index (χ4v) is 2.60. The van der Waals surface area contributed by atoms with Gasteiger partial charge in [0.1, 0.15) is 6.29 Å². The van der Waals surface area contributed by atoms with E-state index in [1.54, 1.807) is 20.8 Å². The fraction of sp³-hybridized carbons (Fsp3) is 0.529. The molecule has 126 valence electrons. The molecule has 0 radical (unpaired) electrons. The highest BCUT2D eigenvalue weighted by atomic mass is 19.4. The van der Waals surface area contributed by atoms with E-state index in [2.05, 4.69) is 11.8 Å². The van der Waals surface area contributed by atoms with Crippen LogP contribution in [0.3, 0.4) is 0 Å². The van der Waals surface area contributed by atoms with E-state index in [0.717, 1.165) is 0 Å². The summed E-state index contributed by atoms with van der Waals surface area (Å²) >= 11 is 0. The summed E-state index contributed by atoms with van der Waals surface area (Å²) in [4.78, 5) is 22.5. The third-order valence-electron chi connectivity index (χ3n) is 4.05. The van der Waals surface area contributed by atoms with Gasteiger partial charge in [0, 0.05) is 23.0 Å². The van der Waals surface area contributed by atoms with Gasteiger partial charge in [0.05, 0.1) is 6.42 Å². The molecule has 0 spiro atoms. The Morgan fingerprint density at radius 1 is 1.39 bits per heavy atom. The summed E-state index contributed by atoms with van der Waals surface area (Å²) in [5.74, 6) is 4.51. The number of allylic oxidation sites excluding steroid dienone is 3. The number of rotatable bonds is 2. The van der Waals surface area contributed by atoms with Gasteiger partial charge in [0.15, 0.2) is 11.4 Å². The maximum absolute atomic E-state index is 12.7. The molecule has 0 amide bonds. The van der Waals surface area contributed by atoms with E-state index >= 15 is 0 Å². The van der Waals surface area contributed by atoms with E-state index in [0.29, 0.717) is 11.9 Å². The maximum Gasteiger partial charge on any atom is 0.393 e. The lowest BCUT2D eigenvalue weighted by Crippen LogP contribution is -2.50. The standard InChI is InChI=1S/C17H19F3O3/c1-11(6-8-21)5-7-16(23)12(2)13(9-17(18,19)20)14(22)10-15(16,3)4/h6,8,23H,9-10H2,1-4H3/b11-6-. The number of aliphatic hydroxyl groups is 1. The number of carbonyl (C=O) groups is 2. The summed E-state index contributed by atoms with van der Waals surface area (Å²) in [6.07, 6.45) is -4.46. The summed E-state index contributed by atoms with van der Waals surface area (Å²) < 4.78 is 38.1. The SMILES string of the molecule is CC1=C(CC(F)(F)F)C(=O)CC(C)(C)C1(O)C#C/C(C)=C\C=O. The van der Waals surface area contributed by atoms with Crippen molar-refractivity contribution in [2.45, 2.75) is 52.3 Å². The fourth-order valence-electron chi connectivity index (χ4n) is 2.60. The predicted molar refractivity (Wildman–Crippen MR) is 79.3 cm³/mol. The van der Waals surface area contributed by atoms with E-state index in [1.165, 1.54) is 13.0 Å². The predicted octanol–water partition coefficient (Wildman–Crippen LogP) is 3.13. The third kappa shape index (κ3) is 4.11. The van der Waals surface area contributed by atoms with E-state index in [1.807, 2.05) is 0 Å². The lowest BCUT2D eigenvalue weighted by molar-refractivity contribution is -0.138. The van der Waals surface area contributed by atoms with Crippen LogP contribution in [0, 0.1) is 17.3 Å². The van der Waals surface area contributed by atoms with Crippen LogP contribution in [0.4, 0.5) is 13.2 Å². The highest BCUT2D eigenvalue weighted by Crippen LogP contribution is 2.47. The van der Waals surface area contributed by atoms with Crippen LogP contribution < -0.4 is 0 Å². The molecule has 0 aliphatic heterocycles. The highest BCUT2D eigenvalue weighted by Gasteiger charge is 2.51. The summed E-state index contributed by atoms with van der Waals surface area (Å²) in [5.41, 5.74) is -3.07. The van der Waals surface area contributed by atoms with Crippen molar-refractivity contribution < 1.29 is 27.9 Å². The molecule has 6 heteroatoms. The molecule has 1 rings (SSSR count). The van der Waals surface area contributed by atoms with Gasteiger partial charge in [-0.3, -0.25) is 9.59 Å². The Balaban J connectivity index is 3.48. The van der Waals surface area contributed by atoms with Gasteiger partial charge in [-0.2, -0.15) is 13.2 Å². The quantitative estimate of drug-likeness (QED) is 0.481. The number of Topliss-reactive ketones (excluding diaryl/α,β-unsaturated/α-hetero) is 1. The van der Waals surface area contributed by atoms with Gasteiger partial charge in [-0.05, 0) is 25.5 Å². The van der Waals surface area contributed by atoms with Crippen LogP contribution in [-0.2, 0) is 9.59 Å². The van der Waals surface area contributed by atoms with Crippen LogP contribution >= 0.6 is 0 Å². The Morgan fingerprint density at radius 2 is 1.96 bits per heavy atom. The summed E-state index contributed by atoms with van der Waals surface area (Å²) in [5, 5.41) is 10.9. The number of carbonyl (C=O) groups excluding carboxylic acids is 2. The molecule has 0 saturated carbocycles. The molecule has 23 heavy (non-hydrogen) atoms. The number of hydrogen-bond acceptors (Lipinski definition) is 3. The number of hydrogen-bond donors (Lipinski definition) is 1. The van der Waals surface area contributed by atoms with Crippen molar-refractivity contribution in [3.63, 3.8) is 0 Å². The Kier molecular flexibility index (Phi) is 5.27. The van der Waals surface area contributed by atoms with E-state index in [-0.39, 0.29) is 12.0 Å². The average molecular weight is 328 g/mol. The number of halogens is 3. The minimum atomic E-state index is -4.55. The normalized spacial score (nSPS) is 25.0. The molecule has 1 N–H and O–H groups in total. The van der Waals surface area contributed by atoms with Crippen molar-refractivity contribution >= 4 is 12.1 Å². The van der Waals surface area contributed by atoms with Crippen molar-refractivity contribution in [2.24, 2.45) is 5.41 Å². The molecule has 0 aromatic carbocycles. The molecule has 1 aliphatic carbocycles. The molecule has 0 saturated heterocycles. The lowest BCUT2D eigenvalue weighted by Gasteiger charge is -2.44. The Labute approximate surface area is 133 Å². The summed E-state index contributed by atoms with van der Waals surface area (Å²) in [6.45, 7) is 5.99. The van der Waals surface area contributed by atoms with Crippen LogP contribution in [0.5, 0.6) is 0 Å². The van der Waals surface area contributed by atoms with Gasteiger partial charge in [-0.15, -0.1) is 0 Å². The zero-order chi connectivity index (χ0) is 18.1. The number of ketones is 1. The largest absolute Gasteiger partial charge is 0.393 e. The van der Waals surface area contributed by atoms with Crippen molar-refractivity contribution in [3.05, 3.63) is 22.8 Å². The first-order valence-corrected chi connectivity index (χ1v) is 7.02.